The van der Waals surface area contributed by atoms with Crippen molar-refractivity contribution in [3.05, 3.63) is 0 Å². The molecule has 4 N–H and O–H groups in total. The van der Waals surface area contributed by atoms with Crippen molar-refractivity contribution in [3.8, 4) is 0 Å². The third kappa shape index (κ3) is 51.6. The lowest BCUT2D eigenvalue weighted by molar-refractivity contribution is -0.143. The first-order valence-corrected chi connectivity index (χ1v) is 10.1. The first-order valence-electron chi connectivity index (χ1n) is 10.1. The van der Waals surface area contributed by atoms with E-state index in [1.807, 2.05) is 13.8 Å². The standard InChI is InChI=1S/C5H10O2.C4H8O2.2C3H7N.C3H4O.C2H6/c1-3-5(6)7-4-2;1-3-6-4(2)5;3*4-3-1-2-3;1-2/h3-4H2,1-2H3;3H2,1-2H3;2*3H,1-2,4H2;1-2H2;1-2H3. The van der Waals surface area contributed by atoms with Crippen molar-refractivity contribution in [3.63, 3.8) is 0 Å². The van der Waals surface area contributed by atoms with E-state index in [2.05, 4.69) is 9.47 Å². The minimum Gasteiger partial charge on any atom is -0.466 e. The lowest BCUT2D eigenvalue weighted by Crippen LogP contribution is -2.00. The second-order valence-electron chi connectivity index (χ2n) is 5.80. The Hall–Kier alpha value is -1.47. The molecule has 27 heavy (non-hydrogen) atoms. The molecule has 3 fully saturated rings. The Kier molecular flexibility index (Phi) is 25.3. The number of ether oxygens (including phenoxy) is 2. The SMILES string of the molecule is CC.CCOC(=O)CC.CCOC(C)=O.NC1CC1.NC1CC1.O=C1CC1. The molecule has 0 aromatic heterocycles. The number of rotatable bonds is 3. The Morgan fingerprint density at radius 2 is 1.19 bits per heavy atom. The van der Waals surface area contributed by atoms with E-state index in [1.165, 1.54) is 32.6 Å². The summed E-state index contributed by atoms with van der Waals surface area (Å²) in [4.78, 5) is 29.6. The molecule has 0 heterocycles. The van der Waals surface area contributed by atoms with Crippen LogP contribution in [0.1, 0.15) is 86.5 Å². The first-order chi connectivity index (χ1) is 12.8. The van der Waals surface area contributed by atoms with Crippen LogP contribution in [-0.4, -0.2) is 43.0 Å². The van der Waals surface area contributed by atoms with Gasteiger partial charge in [0.05, 0.1) is 13.2 Å². The molecule has 3 aliphatic carbocycles. The van der Waals surface area contributed by atoms with E-state index in [4.69, 9.17) is 11.5 Å². The number of hydrogen-bond acceptors (Lipinski definition) is 7. The van der Waals surface area contributed by atoms with Gasteiger partial charge in [-0.05, 0) is 39.5 Å². The van der Waals surface area contributed by atoms with E-state index in [0.717, 1.165) is 12.8 Å². The van der Waals surface area contributed by atoms with Crippen LogP contribution in [0, 0.1) is 0 Å². The van der Waals surface area contributed by atoms with E-state index >= 15 is 0 Å². The summed E-state index contributed by atoms with van der Waals surface area (Å²) in [5.74, 6) is 0.0833. The molecule has 7 heteroatoms. The zero-order valence-corrected chi connectivity index (χ0v) is 18.2. The first kappa shape index (κ1) is 30.3. The number of carbonyl (C=O) groups is 3. The maximum absolute atomic E-state index is 10.2. The van der Waals surface area contributed by atoms with Gasteiger partial charge >= 0.3 is 11.9 Å². The van der Waals surface area contributed by atoms with Gasteiger partial charge in [0, 0.05) is 38.3 Å². The van der Waals surface area contributed by atoms with Crippen molar-refractivity contribution in [2.75, 3.05) is 13.2 Å². The van der Waals surface area contributed by atoms with Gasteiger partial charge in [-0.3, -0.25) is 14.4 Å². The molecule has 3 aliphatic rings. The number of esters is 2. The minimum atomic E-state index is -0.211. The summed E-state index contributed by atoms with van der Waals surface area (Å²) in [6, 6.07) is 1.17. The van der Waals surface area contributed by atoms with Crippen molar-refractivity contribution < 1.29 is 23.9 Å². The maximum atomic E-state index is 10.2. The van der Waals surface area contributed by atoms with Crippen LogP contribution in [-0.2, 0) is 23.9 Å². The molecule has 0 radical (unpaired) electrons. The second-order valence-corrected chi connectivity index (χ2v) is 5.80. The summed E-state index contributed by atoms with van der Waals surface area (Å²) in [5.41, 5.74) is 10.4. The number of hydrogen-bond donors (Lipinski definition) is 2. The van der Waals surface area contributed by atoms with Gasteiger partial charge in [-0.25, -0.2) is 0 Å². The Morgan fingerprint density at radius 3 is 1.22 bits per heavy atom. The molecule has 0 aromatic rings. The molecule has 0 saturated heterocycles. The normalized spacial score (nSPS) is 15.0. The summed E-state index contributed by atoms with van der Waals surface area (Å²) < 4.78 is 8.95. The molecule has 0 amide bonds. The van der Waals surface area contributed by atoms with Crippen LogP contribution in [0.15, 0.2) is 0 Å². The van der Waals surface area contributed by atoms with Gasteiger partial charge < -0.3 is 20.9 Å². The summed E-state index contributed by atoms with van der Waals surface area (Å²) in [7, 11) is 0. The molecule has 162 valence electrons. The van der Waals surface area contributed by atoms with Crippen LogP contribution in [0.5, 0.6) is 0 Å². The average Bonchev–Trinajstić information content (AvgIpc) is 3.48. The van der Waals surface area contributed by atoms with Gasteiger partial charge in [-0.2, -0.15) is 0 Å². The molecule has 0 atom stereocenters. The Morgan fingerprint density at radius 1 is 0.889 bits per heavy atom. The zero-order chi connectivity index (χ0) is 21.7. The lowest BCUT2D eigenvalue weighted by atomic mass is 10.5. The Labute approximate surface area is 165 Å². The van der Waals surface area contributed by atoms with Gasteiger partial charge in [-0.1, -0.05) is 20.8 Å². The van der Waals surface area contributed by atoms with Crippen molar-refractivity contribution >= 4 is 17.7 Å². The predicted molar refractivity (Wildman–Crippen MR) is 109 cm³/mol. The van der Waals surface area contributed by atoms with Crippen molar-refractivity contribution in [1.29, 1.82) is 0 Å². The van der Waals surface area contributed by atoms with Crippen LogP contribution in [0.3, 0.4) is 0 Å². The zero-order valence-electron chi connectivity index (χ0n) is 18.2. The molecular weight excluding hydrogens is 348 g/mol. The highest BCUT2D eigenvalue weighted by Gasteiger charge is 2.14. The Bertz CT molecular complexity index is 351. The quantitative estimate of drug-likeness (QED) is 0.710. The van der Waals surface area contributed by atoms with Crippen LogP contribution in [0.2, 0.25) is 0 Å². The molecule has 0 aliphatic heterocycles. The third-order valence-electron chi connectivity index (χ3n) is 2.64. The smallest absolute Gasteiger partial charge is 0.305 e. The predicted octanol–water partition coefficient (Wildman–Crippen LogP) is 3.12. The highest BCUT2D eigenvalue weighted by Crippen LogP contribution is 2.14. The van der Waals surface area contributed by atoms with Crippen LogP contribution in [0.25, 0.3) is 0 Å². The topological polar surface area (TPSA) is 122 Å². The number of Topliss-reactive ketones (excluding diaryl/α,β-unsaturated/α-hetero) is 1. The Balaban J connectivity index is -0.000000264. The molecule has 0 bridgehead atoms. The van der Waals surface area contributed by atoms with E-state index in [0.29, 0.717) is 37.5 Å². The molecule has 3 rings (SSSR count). The molecule has 0 aromatic carbocycles. The average molecular weight is 391 g/mol. The molecule has 0 unspecified atom stereocenters. The fourth-order valence-corrected chi connectivity index (χ4v) is 0.710. The van der Waals surface area contributed by atoms with E-state index in [-0.39, 0.29) is 11.9 Å². The van der Waals surface area contributed by atoms with Crippen LogP contribution < -0.4 is 11.5 Å². The highest BCUT2D eigenvalue weighted by molar-refractivity contribution is 5.92. The number of carbonyl (C=O) groups excluding carboxylic acids is 3. The number of nitrogens with two attached hydrogens (primary N) is 2. The van der Waals surface area contributed by atoms with Gasteiger partial charge in [0.25, 0.3) is 0 Å². The van der Waals surface area contributed by atoms with Gasteiger partial charge in [-0.15, -0.1) is 0 Å². The summed E-state index contributed by atoms with van der Waals surface area (Å²) >= 11 is 0. The van der Waals surface area contributed by atoms with Crippen LogP contribution >= 0.6 is 0 Å². The molecular formula is C20H42N2O5. The summed E-state index contributed by atoms with van der Waals surface area (Å²) in [6.45, 7) is 11.7. The van der Waals surface area contributed by atoms with Crippen molar-refractivity contribution in [1.82, 2.24) is 0 Å². The molecule has 0 spiro atoms. The fraction of sp³-hybridized carbons (Fsp3) is 0.850. The monoisotopic (exact) mass is 390 g/mol. The highest BCUT2D eigenvalue weighted by atomic mass is 16.5. The molecule has 7 nitrogen and oxygen atoms in total. The van der Waals surface area contributed by atoms with Crippen molar-refractivity contribution in [2.45, 2.75) is 98.6 Å². The number of ketones is 1. The van der Waals surface area contributed by atoms with Gasteiger partial charge in [0.1, 0.15) is 5.78 Å². The fourth-order valence-electron chi connectivity index (χ4n) is 0.710. The van der Waals surface area contributed by atoms with E-state index in [9.17, 15) is 14.4 Å². The molecule has 3 saturated carbocycles. The summed E-state index contributed by atoms with van der Waals surface area (Å²) in [6.07, 6.45) is 7.23. The maximum Gasteiger partial charge on any atom is 0.305 e. The summed E-state index contributed by atoms with van der Waals surface area (Å²) in [5, 5.41) is 0. The van der Waals surface area contributed by atoms with Gasteiger partial charge in [0.2, 0.25) is 0 Å². The van der Waals surface area contributed by atoms with E-state index in [1.54, 1.807) is 20.8 Å². The van der Waals surface area contributed by atoms with Gasteiger partial charge in [0.15, 0.2) is 0 Å². The third-order valence-corrected chi connectivity index (χ3v) is 2.64. The van der Waals surface area contributed by atoms with E-state index < -0.39 is 0 Å². The second kappa shape index (κ2) is 22.6. The minimum absolute atomic E-state index is 0.123. The lowest BCUT2D eigenvalue weighted by Gasteiger charge is -1.93. The van der Waals surface area contributed by atoms with Crippen LogP contribution in [0.4, 0.5) is 0 Å². The van der Waals surface area contributed by atoms with Crippen molar-refractivity contribution in [2.24, 2.45) is 11.5 Å². The largest absolute Gasteiger partial charge is 0.466 e.